The van der Waals surface area contributed by atoms with E-state index < -0.39 is 88.4 Å². The number of aromatic hydroxyl groups is 7. The van der Waals surface area contributed by atoms with E-state index in [2.05, 4.69) is 0 Å². The fourth-order valence-corrected chi connectivity index (χ4v) is 5.74. The molecule has 0 aromatic heterocycles. The van der Waals surface area contributed by atoms with Crippen molar-refractivity contribution in [3.05, 3.63) is 101 Å². The Morgan fingerprint density at radius 2 is 1.15 bits per heavy atom. The second-order valence-electron chi connectivity index (χ2n) is 12.0. The molecular weight excluding hydrogens is 712 g/mol. The zero-order chi connectivity index (χ0) is 39.3. The first-order valence-corrected chi connectivity index (χ1v) is 16.0. The summed E-state index contributed by atoms with van der Waals surface area (Å²) in [5.41, 5.74) is 0.839. The number of carbonyl (C=O) groups excluding carboxylic acids is 4. The van der Waals surface area contributed by atoms with E-state index in [1.807, 2.05) is 0 Å². The Balaban J connectivity index is 1.49. The van der Waals surface area contributed by atoms with Crippen LogP contribution in [-0.2, 0) is 51.0 Å². The molecule has 54 heavy (non-hydrogen) atoms. The lowest BCUT2D eigenvalue weighted by molar-refractivity contribution is -0.167. The first-order chi connectivity index (χ1) is 25.7. The first kappa shape index (κ1) is 38.1. The molecule has 0 bridgehead atoms. The van der Waals surface area contributed by atoms with Crippen LogP contribution < -0.4 is 4.74 Å². The summed E-state index contributed by atoms with van der Waals surface area (Å²) in [5.74, 6) is -9.00. The van der Waals surface area contributed by atoms with Crippen molar-refractivity contribution in [1.82, 2.24) is 0 Å². The van der Waals surface area contributed by atoms with E-state index in [4.69, 9.17) is 23.7 Å². The monoisotopic (exact) mass is 746 g/mol. The summed E-state index contributed by atoms with van der Waals surface area (Å²) in [4.78, 5) is 52.5. The highest BCUT2D eigenvalue weighted by atomic mass is 16.6. The van der Waals surface area contributed by atoms with Crippen LogP contribution in [0.4, 0.5) is 0 Å². The highest BCUT2D eigenvalue weighted by Gasteiger charge is 2.46. The molecule has 4 aromatic rings. The second-order valence-corrected chi connectivity index (χ2v) is 12.0. The predicted molar refractivity (Wildman–Crippen MR) is 184 cm³/mol. The van der Waals surface area contributed by atoms with E-state index in [-0.39, 0.29) is 40.8 Å². The summed E-state index contributed by atoms with van der Waals surface area (Å²) in [5, 5.41) is 70.2. The minimum Gasteiger partial charge on any atom is -0.504 e. The summed E-state index contributed by atoms with van der Waals surface area (Å²) < 4.78 is 26.7. The third kappa shape index (κ3) is 8.33. The molecule has 1 aliphatic rings. The molecule has 0 fully saturated rings. The fraction of sp³-hybridized carbons (Fsp3) is 0.211. The molecule has 5 rings (SSSR count). The fourth-order valence-electron chi connectivity index (χ4n) is 5.74. The molecule has 0 saturated carbocycles. The molecule has 4 unspecified atom stereocenters. The maximum absolute atomic E-state index is 14.2. The minimum absolute atomic E-state index is 0.0170. The van der Waals surface area contributed by atoms with E-state index in [0.29, 0.717) is 5.56 Å². The van der Waals surface area contributed by atoms with Gasteiger partial charge in [0.2, 0.25) is 12.2 Å². The van der Waals surface area contributed by atoms with Crippen molar-refractivity contribution in [3.63, 3.8) is 0 Å². The van der Waals surface area contributed by atoms with Gasteiger partial charge in [0.05, 0.1) is 14.2 Å². The van der Waals surface area contributed by atoms with Gasteiger partial charge in [0.25, 0.3) is 0 Å². The van der Waals surface area contributed by atoms with E-state index in [0.717, 1.165) is 38.5 Å². The molecule has 16 nitrogen and oxygen atoms in total. The van der Waals surface area contributed by atoms with Crippen molar-refractivity contribution in [3.8, 4) is 46.0 Å². The number of phenolic OH excluding ortho intramolecular Hbond substituents is 7. The van der Waals surface area contributed by atoms with E-state index in [1.165, 1.54) is 54.6 Å². The number of fused-ring (bicyclic) bond motifs is 1. The SMILES string of the molecule is COC(=O)C(Cc1ccc(O)c(O)c1)OC(=O)/C=C\c1ccc(O)c2c1C(C(=O)OC(Cc1ccc(O)c(O)c1)C(=O)OC)C(c1ccc(O)c(O)c1)O2. The molecule has 16 heteroatoms. The van der Waals surface area contributed by atoms with E-state index in [9.17, 15) is 54.9 Å². The maximum atomic E-state index is 14.2. The van der Waals surface area contributed by atoms with Crippen LogP contribution in [0.2, 0.25) is 0 Å². The molecule has 0 amide bonds. The molecule has 7 N–H and O–H groups in total. The van der Waals surface area contributed by atoms with E-state index >= 15 is 0 Å². The van der Waals surface area contributed by atoms with Gasteiger partial charge in [0.15, 0.2) is 46.0 Å². The lowest BCUT2D eigenvalue weighted by Gasteiger charge is -2.22. The van der Waals surface area contributed by atoms with Gasteiger partial charge in [-0.1, -0.05) is 24.3 Å². The van der Waals surface area contributed by atoms with Crippen LogP contribution in [0.5, 0.6) is 46.0 Å². The van der Waals surface area contributed by atoms with Gasteiger partial charge in [-0.25, -0.2) is 14.4 Å². The van der Waals surface area contributed by atoms with Gasteiger partial charge in [-0.15, -0.1) is 0 Å². The van der Waals surface area contributed by atoms with Gasteiger partial charge in [-0.05, 0) is 70.8 Å². The third-order valence-corrected chi connectivity index (χ3v) is 8.42. The largest absolute Gasteiger partial charge is 0.504 e. The van der Waals surface area contributed by atoms with Crippen LogP contribution in [-0.4, -0.2) is 86.1 Å². The quantitative estimate of drug-likeness (QED) is 0.0474. The molecule has 0 aliphatic carbocycles. The van der Waals surface area contributed by atoms with Crippen molar-refractivity contribution in [2.24, 2.45) is 0 Å². The van der Waals surface area contributed by atoms with Crippen molar-refractivity contribution in [1.29, 1.82) is 0 Å². The minimum atomic E-state index is -1.60. The van der Waals surface area contributed by atoms with Gasteiger partial charge in [0.1, 0.15) is 12.0 Å². The molecule has 1 heterocycles. The predicted octanol–water partition coefficient (Wildman–Crippen LogP) is 3.51. The van der Waals surface area contributed by atoms with Crippen LogP contribution in [0.1, 0.15) is 39.8 Å². The summed E-state index contributed by atoms with van der Waals surface area (Å²) in [7, 11) is 2.14. The number of ether oxygens (including phenoxy) is 5. The van der Waals surface area contributed by atoms with Crippen LogP contribution >= 0.6 is 0 Å². The lowest BCUT2D eigenvalue weighted by Crippen LogP contribution is -2.33. The Bertz CT molecular complexity index is 2120. The lowest BCUT2D eigenvalue weighted by atomic mass is 9.87. The molecular formula is C38H34O16. The van der Waals surface area contributed by atoms with Gasteiger partial charge in [0, 0.05) is 24.5 Å². The number of hydrogen-bond acceptors (Lipinski definition) is 16. The number of esters is 4. The van der Waals surface area contributed by atoms with E-state index in [1.54, 1.807) is 0 Å². The Kier molecular flexibility index (Phi) is 11.3. The molecule has 0 spiro atoms. The number of rotatable bonds is 12. The molecule has 4 aromatic carbocycles. The summed E-state index contributed by atoms with van der Waals surface area (Å²) in [6.45, 7) is 0. The summed E-state index contributed by atoms with van der Waals surface area (Å²) in [6.07, 6.45) is -2.82. The molecule has 0 saturated heterocycles. The van der Waals surface area contributed by atoms with Crippen molar-refractivity contribution >= 4 is 30.0 Å². The van der Waals surface area contributed by atoms with Crippen LogP contribution in [0.15, 0.2) is 72.8 Å². The smallest absolute Gasteiger partial charge is 0.347 e. The Hall–Kier alpha value is -7.10. The Morgan fingerprint density at radius 1 is 0.648 bits per heavy atom. The second kappa shape index (κ2) is 16.1. The van der Waals surface area contributed by atoms with Gasteiger partial charge >= 0.3 is 23.9 Å². The number of methoxy groups -OCH3 is 2. The van der Waals surface area contributed by atoms with Gasteiger partial charge < -0.3 is 59.4 Å². The third-order valence-electron chi connectivity index (χ3n) is 8.42. The van der Waals surface area contributed by atoms with Crippen molar-refractivity contribution in [2.75, 3.05) is 14.2 Å². The number of carbonyl (C=O) groups is 4. The topological polar surface area (TPSA) is 256 Å². The summed E-state index contributed by atoms with van der Waals surface area (Å²) >= 11 is 0. The van der Waals surface area contributed by atoms with Crippen LogP contribution in [0.3, 0.4) is 0 Å². The van der Waals surface area contributed by atoms with Gasteiger partial charge in [-0.2, -0.15) is 0 Å². The maximum Gasteiger partial charge on any atom is 0.347 e. The zero-order valence-corrected chi connectivity index (χ0v) is 28.5. The zero-order valence-electron chi connectivity index (χ0n) is 28.5. The van der Waals surface area contributed by atoms with Crippen molar-refractivity contribution < 1.29 is 78.6 Å². The Morgan fingerprint density at radius 3 is 1.67 bits per heavy atom. The standard InChI is InChI=1S/C38H34O16/c1-50-36(47)29(15-18-3-8-22(39)26(43)13-18)52-31(46)12-7-20-5-11-25(42)35-32(20)33(34(54-35)21-6-10-24(41)28(45)17-21)38(49)53-30(37(48)51-2)16-19-4-9-23(40)27(44)14-19/h3-14,17,29-30,33-34,39-45H,15-16H2,1-2H3/b12-7-. The molecule has 1 aliphatic heterocycles. The normalized spacial score (nSPS) is 15.7. The average Bonchev–Trinajstić information content (AvgIpc) is 3.56. The Labute approximate surface area is 306 Å². The highest BCUT2D eigenvalue weighted by molar-refractivity contribution is 5.92. The van der Waals surface area contributed by atoms with Crippen LogP contribution in [0.25, 0.3) is 6.08 Å². The number of hydrogen-bond donors (Lipinski definition) is 7. The first-order valence-electron chi connectivity index (χ1n) is 16.0. The molecule has 0 radical (unpaired) electrons. The number of phenols is 7. The average molecular weight is 747 g/mol. The van der Waals surface area contributed by atoms with Crippen molar-refractivity contribution in [2.45, 2.75) is 37.1 Å². The number of benzene rings is 4. The summed E-state index contributed by atoms with van der Waals surface area (Å²) in [6, 6.07) is 13.6. The van der Waals surface area contributed by atoms with Gasteiger partial charge in [-0.3, -0.25) is 4.79 Å². The highest BCUT2D eigenvalue weighted by Crippen LogP contribution is 2.53. The molecule has 4 atom stereocenters. The van der Waals surface area contributed by atoms with Crippen LogP contribution in [0, 0.1) is 0 Å². The molecule has 282 valence electrons.